The van der Waals surface area contributed by atoms with Crippen molar-refractivity contribution in [3.8, 4) is 0 Å². The summed E-state index contributed by atoms with van der Waals surface area (Å²) < 4.78 is 4.33. The van der Waals surface area contributed by atoms with E-state index in [2.05, 4.69) is 4.74 Å². The Balaban J connectivity index is 3.08. The highest BCUT2D eigenvalue weighted by atomic mass is 16.7. The lowest BCUT2D eigenvalue weighted by Gasteiger charge is -2.47. The Morgan fingerprint density at radius 2 is 2.00 bits per heavy atom. The van der Waals surface area contributed by atoms with Crippen LogP contribution in [0.15, 0.2) is 0 Å². The van der Waals surface area contributed by atoms with E-state index in [-0.39, 0.29) is 6.54 Å². The normalized spacial score (nSPS) is 23.3. The monoisotopic (exact) mass is 290 g/mol. The third kappa shape index (κ3) is 2.99. The largest absolute Gasteiger partial charge is 0.466 e. The van der Waals surface area contributed by atoms with Crippen LogP contribution in [-0.4, -0.2) is 64.3 Å². The number of hydroxylamine groups is 2. The van der Waals surface area contributed by atoms with E-state index in [0.29, 0.717) is 9.96 Å². The first-order valence-corrected chi connectivity index (χ1v) is 5.84. The molecule has 1 rings (SSSR count). The molecule has 2 amide bonds. The van der Waals surface area contributed by atoms with Crippen LogP contribution in [0, 0.1) is 5.41 Å². The van der Waals surface area contributed by atoms with Crippen molar-refractivity contribution in [2.75, 3.05) is 13.7 Å². The summed E-state index contributed by atoms with van der Waals surface area (Å²) >= 11 is 0. The van der Waals surface area contributed by atoms with E-state index < -0.39 is 35.8 Å². The first-order chi connectivity index (χ1) is 9.11. The highest BCUT2D eigenvalue weighted by Gasteiger charge is 2.50. The predicted molar refractivity (Wildman–Crippen MR) is 63.5 cm³/mol. The summed E-state index contributed by atoms with van der Waals surface area (Å²) in [6.07, 6.45) is -3.45. The number of urea groups is 1. The molecule has 0 aromatic rings. The number of aliphatic hydroxyl groups is 2. The number of amides is 2. The zero-order valence-electron chi connectivity index (χ0n) is 11.7. The lowest BCUT2D eigenvalue weighted by molar-refractivity contribution is -0.224. The van der Waals surface area contributed by atoms with E-state index in [1.165, 1.54) is 0 Å². The van der Waals surface area contributed by atoms with Gasteiger partial charge in [0, 0.05) is 12.3 Å². The molecule has 0 saturated carbocycles. The van der Waals surface area contributed by atoms with Crippen LogP contribution < -0.4 is 0 Å². The first kappa shape index (κ1) is 16.2. The van der Waals surface area contributed by atoms with Crippen molar-refractivity contribution in [3.63, 3.8) is 0 Å². The Morgan fingerprint density at radius 3 is 2.45 bits per heavy atom. The van der Waals surface area contributed by atoms with E-state index >= 15 is 0 Å². The standard InChI is InChI=1S/C11H18N2O7/c1-6(14)20-12-5-11(2,3)9(17)13(10(12)18)7(15)8(16)19-4/h7,9,15,17H,5H2,1-4H3. The number of carbonyl (C=O) groups excluding carboxylic acids is 3. The summed E-state index contributed by atoms with van der Waals surface area (Å²) in [5.74, 6) is -1.85. The average Bonchev–Trinajstić information content (AvgIpc) is 2.34. The van der Waals surface area contributed by atoms with E-state index in [1.54, 1.807) is 13.8 Å². The van der Waals surface area contributed by atoms with Gasteiger partial charge in [-0.1, -0.05) is 13.8 Å². The van der Waals surface area contributed by atoms with Crippen LogP contribution >= 0.6 is 0 Å². The fourth-order valence-corrected chi connectivity index (χ4v) is 1.81. The minimum atomic E-state index is -2.00. The second kappa shape index (κ2) is 5.63. The zero-order valence-corrected chi connectivity index (χ0v) is 11.7. The number of hydrogen-bond donors (Lipinski definition) is 2. The molecule has 9 heteroatoms. The number of esters is 1. The SMILES string of the molecule is COC(=O)C(O)N1C(=O)N(OC(C)=O)CC(C)(C)C1O. The molecule has 1 heterocycles. The molecule has 9 nitrogen and oxygen atoms in total. The Hall–Kier alpha value is -1.87. The molecule has 114 valence electrons. The van der Waals surface area contributed by atoms with Crippen LogP contribution in [0.3, 0.4) is 0 Å². The molecule has 1 aliphatic heterocycles. The lowest BCUT2D eigenvalue weighted by atomic mass is 9.88. The van der Waals surface area contributed by atoms with Crippen molar-refractivity contribution in [1.29, 1.82) is 0 Å². The molecule has 1 saturated heterocycles. The molecule has 2 atom stereocenters. The van der Waals surface area contributed by atoms with Crippen LogP contribution in [-0.2, 0) is 19.2 Å². The quantitative estimate of drug-likeness (QED) is 0.643. The molecule has 0 aromatic carbocycles. The molecule has 0 aliphatic carbocycles. The van der Waals surface area contributed by atoms with Crippen molar-refractivity contribution in [3.05, 3.63) is 0 Å². The molecule has 0 bridgehead atoms. The number of rotatable bonds is 3. The van der Waals surface area contributed by atoms with Gasteiger partial charge in [-0.25, -0.2) is 9.59 Å². The average molecular weight is 290 g/mol. The predicted octanol–water partition coefficient (Wildman–Crippen LogP) is -0.962. The Bertz CT molecular complexity index is 423. The van der Waals surface area contributed by atoms with Crippen LogP contribution in [0.1, 0.15) is 20.8 Å². The van der Waals surface area contributed by atoms with Crippen molar-refractivity contribution >= 4 is 18.0 Å². The summed E-state index contributed by atoms with van der Waals surface area (Å²) in [6, 6.07) is -1.01. The molecule has 2 N–H and O–H groups in total. The molecule has 1 fully saturated rings. The second-order valence-corrected chi connectivity index (χ2v) is 5.07. The summed E-state index contributed by atoms with van der Waals surface area (Å²) in [4.78, 5) is 39.6. The summed E-state index contributed by atoms with van der Waals surface area (Å²) in [7, 11) is 1.03. The van der Waals surface area contributed by atoms with Crippen molar-refractivity contribution in [2.45, 2.75) is 33.2 Å². The molecular weight excluding hydrogens is 272 g/mol. The summed E-state index contributed by atoms with van der Waals surface area (Å²) in [5, 5.41) is 20.6. The van der Waals surface area contributed by atoms with Crippen LogP contribution in [0.2, 0.25) is 0 Å². The maximum atomic E-state index is 12.1. The fourth-order valence-electron chi connectivity index (χ4n) is 1.81. The number of carbonyl (C=O) groups is 3. The fraction of sp³-hybridized carbons (Fsp3) is 0.727. The summed E-state index contributed by atoms with van der Waals surface area (Å²) in [6.45, 7) is 4.18. The van der Waals surface area contributed by atoms with Crippen molar-refractivity contribution in [2.24, 2.45) is 5.41 Å². The number of nitrogens with zero attached hydrogens (tertiary/aromatic N) is 2. The van der Waals surface area contributed by atoms with Gasteiger partial charge in [0.05, 0.1) is 13.7 Å². The van der Waals surface area contributed by atoms with Gasteiger partial charge in [0.1, 0.15) is 6.23 Å². The van der Waals surface area contributed by atoms with Crippen molar-refractivity contribution < 1.29 is 34.2 Å². The Morgan fingerprint density at radius 1 is 1.45 bits per heavy atom. The number of aliphatic hydroxyl groups excluding tert-OH is 2. The highest BCUT2D eigenvalue weighted by Crippen LogP contribution is 2.32. The minimum absolute atomic E-state index is 0.0863. The third-order valence-corrected chi connectivity index (χ3v) is 2.86. The topological polar surface area (TPSA) is 117 Å². The van der Waals surface area contributed by atoms with Crippen molar-refractivity contribution in [1.82, 2.24) is 9.96 Å². The third-order valence-electron chi connectivity index (χ3n) is 2.86. The van der Waals surface area contributed by atoms with Crippen LogP contribution in [0.4, 0.5) is 4.79 Å². The number of hydrogen-bond acceptors (Lipinski definition) is 7. The lowest BCUT2D eigenvalue weighted by Crippen LogP contribution is -2.66. The van der Waals surface area contributed by atoms with Gasteiger partial charge < -0.3 is 19.8 Å². The molecule has 2 unspecified atom stereocenters. The van der Waals surface area contributed by atoms with Crippen LogP contribution in [0.25, 0.3) is 0 Å². The molecule has 0 aromatic heterocycles. The van der Waals surface area contributed by atoms with Gasteiger partial charge >= 0.3 is 18.0 Å². The molecule has 0 spiro atoms. The number of ether oxygens (including phenoxy) is 1. The van der Waals surface area contributed by atoms with Gasteiger partial charge in [-0.2, -0.15) is 5.06 Å². The zero-order chi connectivity index (χ0) is 15.7. The van der Waals surface area contributed by atoms with Gasteiger partial charge in [-0.3, -0.25) is 9.69 Å². The molecule has 0 radical (unpaired) electrons. The minimum Gasteiger partial charge on any atom is -0.466 e. The van der Waals surface area contributed by atoms with E-state index in [4.69, 9.17) is 4.84 Å². The maximum Gasteiger partial charge on any atom is 0.357 e. The van der Waals surface area contributed by atoms with Gasteiger partial charge in [0.2, 0.25) is 6.23 Å². The van der Waals surface area contributed by atoms with Gasteiger partial charge in [0.15, 0.2) is 0 Å². The van der Waals surface area contributed by atoms with Gasteiger partial charge in [0.25, 0.3) is 0 Å². The van der Waals surface area contributed by atoms with E-state index in [1.807, 2.05) is 0 Å². The highest BCUT2D eigenvalue weighted by molar-refractivity contribution is 5.83. The van der Waals surface area contributed by atoms with E-state index in [0.717, 1.165) is 14.0 Å². The van der Waals surface area contributed by atoms with Gasteiger partial charge in [-0.15, -0.1) is 0 Å². The Kier molecular flexibility index (Phi) is 4.56. The number of methoxy groups -OCH3 is 1. The second-order valence-electron chi connectivity index (χ2n) is 5.07. The van der Waals surface area contributed by atoms with E-state index in [9.17, 15) is 24.6 Å². The Labute approximate surface area is 115 Å². The maximum absolute atomic E-state index is 12.1. The molecule has 20 heavy (non-hydrogen) atoms. The smallest absolute Gasteiger partial charge is 0.357 e. The summed E-state index contributed by atoms with van der Waals surface area (Å²) in [5.41, 5.74) is -0.946. The first-order valence-electron chi connectivity index (χ1n) is 5.84. The van der Waals surface area contributed by atoms with Gasteiger partial charge in [-0.05, 0) is 0 Å². The molecule has 1 aliphatic rings. The molecular formula is C11H18N2O7. The van der Waals surface area contributed by atoms with Crippen LogP contribution in [0.5, 0.6) is 0 Å².